The van der Waals surface area contributed by atoms with Gasteiger partial charge in [-0.2, -0.15) is 0 Å². The number of rotatable bonds is 9. The second kappa shape index (κ2) is 13.7. The van der Waals surface area contributed by atoms with Crippen molar-refractivity contribution in [3.8, 4) is 0 Å². The molecule has 0 fully saturated rings. The molecule has 7 rings (SSSR count). The number of para-hydroxylation sites is 6. The quantitative estimate of drug-likeness (QED) is 0.159. The second-order valence-corrected chi connectivity index (χ2v) is 11.9. The van der Waals surface area contributed by atoms with Gasteiger partial charge < -0.3 is 14.7 Å². The average molecular weight is 622 g/mol. The van der Waals surface area contributed by atoms with Gasteiger partial charge in [-0.25, -0.2) is 0 Å². The van der Waals surface area contributed by atoms with E-state index in [0.29, 0.717) is 0 Å². The summed E-state index contributed by atoms with van der Waals surface area (Å²) in [5, 5.41) is 0. The Balaban J connectivity index is 1.63. The fourth-order valence-electron chi connectivity index (χ4n) is 6.87. The van der Waals surface area contributed by atoms with Crippen LogP contribution in [0.1, 0.15) is 16.7 Å². The van der Waals surface area contributed by atoms with Crippen LogP contribution in [0.4, 0.5) is 51.2 Å². The van der Waals surface area contributed by atoms with E-state index in [4.69, 9.17) is 0 Å². The molecule has 0 N–H and O–H groups in total. The van der Waals surface area contributed by atoms with Crippen LogP contribution in [-0.4, -0.2) is 0 Å². The first kappa shape index (κ1) is 30.6. The van der Waals surface area contributed by atoms with E-state index in [-0.39, 0.29) is 0 Å². The molecule has 0 radical (unpaired) electrons. The van der Waals surface area contributed by atoms with Crippen molar-refractivity contribution in [3.63, 3.8) is 0 Å². The Hall–Kier alpha value is -6.06. The Bertz CT molecular complexity index is 1700. The second-order valence-electron chi connectivity index (χ2n) is 11.9. The highest BCUT2D eigenvalue weighted by Crippen LogP contribution is 2.53. The molecule has 0 atom stereocenters. The van der Waals surface area contributed by atoms with Crippen molar-refractivity contribution in [2.75, 3.05) is 14.7 Å². The first-order valence-electron chi connectivity index (χ1n) is 16.5. The zero-order valence-electron chi connectivity index (χ0n) is 27.7. The summed E-state index contributed by atoms with van der Waals surface area (Å²) in [4.78, 5) is 7.25. The van der Waals surface area contributed by atoms with Gasteiger partial charge >= 0.3 is 0 Å². The van der Waals surface area contributed by atoms with E-state index in [1.807, 2.05) is 0 Å². The summed E-state index contributed by atoms with van der Waals surface area (Å²) in [6, 6.07) is 64.3. The van der Waals surface area contributed by atoms with Crippen molar-refractivity contribution in [3.05, 3.63) is 199 Å². The minimum Gasteiger partial charge on any atom is -0.310 e. The van der Waals surface area contributed by atoms with Crippen molar-refractivity contribution >= 4 is 51.2 Å². The number of hydrogen-bond donors (Lipinski definition) is 0. The number of anilines is 9. The molecular weight excluding hydrogens is 583 g/mol. The lowest BCUT2D eigenvalue weighted by Crippen LogP contribution is -2.21. The maximum Gasteiger partial charge on any atom is 0.0562 e. The summed E-state index contributed by atoms with van der Waals surface area (Å²) >= 11 is 0. The summed E-state index contributed by atoms with van der Waals surface area (Å²) < 4.78 is 0. The molecule has 0 unspecified atom stereocenters. The lowest BCUT2D eigenvalue weighted by Gasteiger charge is -2.38. The molecule has 0 heterocycles. The molecule has 7 aromatic rings. The molecule has 0 aliphatic heterocycles. The minimum atomic E-state index is 1.10. The van der Waals surface area contributed by atoms with E-state index in [1.165, 1.54) is 16.7 Å². The summed E-state index contributed by atoms with van der Waals surface area (Å²) in [5.41, 5.74) is 13.6. The Labute approximate surface area is 284 Å². The van der Waals surface area contributed by atoms with Crippen molar-refractivity contribution in [1.82, 2.24) is 0 Å². The highest BCUT2D eigenvalue weighted by molar-refractivity contribution is 5.97. The van der Waals surface area contributed by atoms with Gasteiger partial charge in [0.25, 0.3) is 0 Å². The van der Waals surface area contributed by atoms with Crippen LogP contribution in [0.3, 0.4) is 0 Å². The maximum atomic E-state index is 2.42. The van der Waals surface area contributed by atoms with Crippen LogP contribution in [0.15, 0.2) is 182 Å². The van der Waals surface area contributed by atoms with Gasteiger partial charge in [-0.1, -0.05) is 109 Å². The van der Waals surface area contributed by atoms with Crippen LogP contribution in [0.5, 0.6) is 0 Å². The molecule has 3 heteroatoms. The number of benzene rings is 7. The largest absolute Gasteiger partial charge is 0.310 e. The molecule has 3 nitrogen and oxygen atoms in total. The molecule has 7 aromatic carbocycles. The molecule has 0 aliphatic rings. The maximum absolute atomic E-state index is 2.42. The van der Waals surface area contributed by atoms with Gasteiger partial charge in [-0.05, 0) is 110 Å². The summed E-state index contributed by atoms with van der Waals surface area (Å²) in [5.74, 6) is 0. The smallest absolute Gasteiger partial charge is 0.0562 e. The van der Waals surface area contributed by atoms with Crippen LogP contribution >= 0.6 is 0 Å². The van der Waals surface area contributed by atoms with E-state index >= 15 is 0 Å². The average Bonchev–Trinajstić information content (AvgIpc) is 3.15. The Kier molecular flexibility index (Phi) is 8.76. The van der Waals surface area contributed by atoms with Gasteiger partial charge in [0.1, 0.15) is 0 Å². The minimum absolute atomic E-state index is 1.10. The van der Waals surface area contributed by atoms with Gasteiger partial charge in [-0.3, -0.25) is 0 Å². The zero-order valence-corrected chi connectivity index (χ0v) is 27.7. The van der Waals surface area contributed by atoms with Crippen LogP contribution < -0.4 is 14.7 Å². The lowest BCUT2D eigenvalue weighted by atomic mass is 9.94. The van der Waals surface area contributed by atoms with E-state index in [0.717, 1.165) is 51.2 Å². The normalized spacial score (nSPS) is 10.8. The number of hydrogen-bond acceptors (Lipinski definition) is 3. The number of nitrogens with zero attached hydrogens (tertiary/aromatic N) is 3. The van der Waals surface area contributed by atoms with E-state index < -0.39 is 0 Å². The zero-order chi connectivity index (χ0) is 32.9. The van der Waals surface area contributed by atoms with Crippen LogP contribution in [0, 0.1) is 20.8 Å². The topological polar surface area (TPSA) is 9.72 Å². The van der Waals surface area contributed by atoms with Gasteiger partial charge in [0, 0.05) is 34.1 Å². The van der Waals surface area contributed by atoms with E-state index in [2.05, 4.69) is 217 Å². The molecule has 0 amide bonds. The van der Waals surface area contributed by atoms with Crippen molar-refractivity contribution in [2.45, 2.75) is 20.8 Å². The van der Waals surface area contributed by atoms with Crippen LogP contribution in [0.2, 0.25) is 0 Å². The standard InChI is InChI=1S/C45H39N3/c1-34-43(46(37-22-10-4-11-23-37)38-24-12-5-13-25-38)35(2)45(48(41-30-18-8-19-31-41)42-32-20-9-21-33-42)36(3)44(34)47(39-26-14-6-15-27-39)40-28-16-7-17-29-40/h4-33H,1-3H3. The summed E-state index contributed by atoms with van der Waals surface area (Å²) in [7, 11) is 0. The Morgan fingerprint density at radius 2 is 0.375 bits per heavy atom. The first-order chi connectivity index (χ1) is 23.6. The van der Waals surface area contributed by atoms with Crippen molar-refractivity contribution < 1.29 is 0 Å². The predicted molar refractivity (Wildman–Crippen MR) is 205 cm³/mol. The first-order valence-corrected chi connectivity index (χ1v) is 16.5. The molecule has 234 valence electrons. The SMILES string of the molecule is Cc1c(N(c2ccccc2)c2ccccc2)c(C)c(N(c2ccccc2)c2ccccc2)c(C)c1N(c1ccccc1)c1ccccc1. The lowest BCUT2D eigenvalue weighted by molar-refractivity contribution is 1.13. The van der Waals surface area contributed by atoms with Gasteiger partial charge in [0.05, 0.1) is 17.1 Å². The van der Waals surface area contributed by atoms with E-state index in [9.17, 15) is 0 Å². The van der Waals surface area contributed by atoms with Crippen LogP contribution in [-0.2, 0) is 0 Å². The molecule has 0 aliphatic carbocycles. The molecule has 48 heavy (non-hydrogen) atoms. The monoisotopic (exact) mass is 621 g/mol. The van der Waals surface area contributed by atoms with Gasteiger partial charge in [-0.15, -0.1) is 0 Å². The molecule has 0 aromatic heterocycles. The predicted octanol–water partition coefficient (Wildman–Crippen LogP) is 13.0. The fourth-order valence-corrected chi connectivity index (χ4v) is 6.87. The summed E-state index contributed by atoms with van der Waals surface area (Å²) in [6.45, 7) is 6.84. The summed E-state index contributed by atoms with van der Waals surface area (Å²) in [6.07, 6.45) is 0. The molecular formula is C45H39N3. The highest BCUT2D eigenvalue weighted by atomic mass is 15.2. The third-order valence-corrected chi connectivity index (χ3v) is 8.89. The molecule has 0 spiro atoms. The third-order valence-electron chi connectivity index (χ3n) is 8.89. The molecule has 0 saturated carbocycles. The fraction of sp³-hybridized carbons (Fsp3) is 0.0667. The Morgan fingerprint density at radius 1 is 0.229 bits per heavy atom. The Morgan fingerprint density at radius 3 is 0.521 bits per heavy atom. The van der Waals surface area contributed by atoms with E-state index in [1.54, 1.807) is 0 Å². The van der Waals surface area contributed by atoms with Crippen molar-refractivity contribution in [2.24, 2.45) is 0 Å². The van der Waals surface area contributed by atoms with Gasteiger partial charge in [0.2, 0.25) is 0 Å². The van der Waals surface area contributed by atoms with Crippen molar-refractivity contribution in [1.29, 1.82) is 0 Å². The van der Waals surface area contributed by atoms with Gasteiger partial charge in [0.15, 0.2) is 0 Å². The highest BCUT2D eigenvalue weighted by Gasteiger charge is 2.30. The third kappa shape index (κ3) is 5.83. The molecule has 0 bridgehead atoms. The van der Waals surface area contributed by atoms with Crippen LogP contribution in [0.25, 0.3) is 0 Å². The molecule has 0 saturated heterocycles.